The lowest BCUT2D eigenvalue weighted by molar-refractivity contribution is -0.142. The highest BCUT2D eigenvalue weighted by atomic mass is 32.2. The lowest BCUT2D eigenvalue weighted by Gasteiger charge is -2.09. The number of nitrogens with zero attached hydrogens (tertiary/aromatic N) is 3. The lowest BCUT2D eigenvalue weighted by atomic mass is 10.3. The molecule has 0 radical (unpaired) electrons. The maximum absolute atomic E-state index is 11.4. The van der Waals surface area contributed by atoms with E-state index >= 15 is 0 Å². The third-order valence-corrected chi connectivity index (χ3v) is 3.43. The van der Waals surface area contributed by atoms with E-state index in [2.05, 4.69) is 15.0 Å². The van der Waals surface area contributed by atoms with E-state index in [1.54, 1.807) is 19.3 Å². The molecule has 0 aromatic carbocycles. The van der Waals surface area contributed by atoms with E-state index in [0.29, 0.717) is 18.7 Å². The van der Waals surface area contributed by atoms with Gasteiger partial charge >= 0.3 is 5.97 Å². The van der Waals surface area contributed by atoms with Gasteiger partial charge in [-0.1, -0.05) is 6.92 Å². The predicted molar refractivity (Wildman–Crippen MR) is 73.9 cm³/mol. The molecule has 19 heavy (non-hydrogen) atoms. The van der Waals surface area contributed by atoms with Gasteiger partial charge in [0.1, 0.15) is 5.52 Å². The van der Waals surface area contributed by atoms with Crippen molar-refractivity contribution in [1.82, 2.24) is 15.0 Å². The summed E-state index contributed by atoms with van der Waals surface area (Å²) < 4.78 is 4.93. The SMILES string of the molecule is CCOC(=O)CC(C)Sc1ccc2nccnc2n1. The van der Waals surface area contributed by atoms with E-state index in [9.17, 15) is 4.79 Å². The van der Waals surface area contributed by atoms with Crippen LogP contribution in [-0.4, -0.2) is 32.8 Å². The Morgan fingerprint density at radius 1 is 1.37 bits per heavy atom. The highest BCUT2D eigenvalue weighted by Crippen LogP contribution is 2.24. The monoisotopic (exact) mass is 277 g/mol. The summed E-state index contributed by atoms with van der Waals surface area (Å²) in [4.78, 5) is 24.1. The van der Waals surface area contributed by atoms with Crippen molar-refractivity contribution in [2.45, 2.75) is 30.5 Å². The number of aromatic nitrogens is 3. The van der Waals surface area contributed by atoms with Crippen LogP contribution < -0.4 is 0 Å². The number of pyridine rings is 1. The van der Waals surface area contributed by atoms with Gasteiger partial charge in [-0.2, -0.15) is 0 Å². The molecule has 1 unspecified atom stereocenters. The normalized spacial score (nSPS) is 12.3. The summed E-state index contributed by atoms with van der Waals surface area (Å²) in [5.41, 5.74) is 1.39. The Morgan fingerprint density at radius 3 is 2.95 bits per heavy atom. The zero-order valence-electron chi connectivity index (χ0n) is 10.9. The van der Waals surface area contributed by atoms with Crippen molar-refractivity contribution < 1.29 is 9.53 Å². The van der Waals surface area contributed by atoms with Crippen molar-refractivity contribution in [1.29, 1.82) is 0 Å². The van der Waals surface area contributed by atoms with E-state index < -0.39 is 0 Å². The maximum Gasteiger partial charge on any atom is 0.306 e. The molecular weight excluding hydrogens is 262 g/mol. The number of hydrogen-bond acceptors (Lipinski definition) is 6. The maximum atomic E-state index is 11.4. The molecule has 0 spiro atoms. The van der Waals surface area contributed by atoms with E-state index in [1.807, 2.05) is 19.1 Å². The highest BCUT2D eigenvalue weighted by Gasteiger charge is 2.12. The molecular formula is C13H15N3O2S. The smallest absolute Gasteiger partial charge is 0.306 e. The van der Waals surface area contributed by atoms with Crippen LogP contribution in [0.1, 0.15) is 20.3 Å². The van der Waals surface area contributed by atoms with Crippen LogP contribution in [0.25, 0.3) is 11.2 Å². The van der Waals surface area contributed by atoms with Gasteiger partial charge in [-0.25, -0.2) is 9.97 Å². The fourth-order valence-corrected chi connectivity index (χ4v) is 2.52. The highest BCUT2D eigenvalue weighted by molar-refractivity contribution is 7.99. The first-order chi connectivity index (χ1) is 9.19. The predicted octanol–water partition coefficient (Wildman–Crippen LogP) is 2.46. The molecule has 2 aromatic heterocycles. The molecule has 0 saturated carbocycles. The zero-order valence-corrected chi connectivity index (χ0v) is 11.7. The molecule has 2 aromatic rings. The van der Waals surface area contributed by atoms with Crippen LogP contribution in [0.3, 0.4) is 0 Å². The molecule has 5 nitrogen and oxygen atoms in total. The van der Waals surface area contributed by atoms with Crippen LogP contribution in [-0.2, 0) is 9.53 Å². The number of hydrogen-bond donors (Lipinski definition) is 0. The van der Waals surface area contributed by atoms with Crippen LogP contribution >= 0.6 is 11.8 Å². The fourth-order valence-electron chi connectivity index (χ4n) is 1.61. The molecule has 0 bridgehead atoms. The van der Waals surface area contributed by atoms with Gasteiger partial charge in [-0.3, -0.25) is 9.78 Å². The van der Waals surface area contributed by atoms with Crippen molar-refractivity contribution in [3.63, 3.8) is 0 Å². The molecule has 2 rings (SSSR count). The van der Waals surface area contributed by atoms with Crippen molar-refractivity contribution in [3.8, 4) is 0 Å². The van der Waals surface area contributed by atoms with Crippen LogP contribution in [0.2, 0.25) is 0 Å². The quantitative estimate of drug-likeness (QED) is 0.618. The van der Waals surface area contributed by atoms with Gasteiger partial charge in [0.25, 0.3) is 0 Å². The first kappa shape index (κ1) is 13.7. The molecule has 2 heterocycles. The first-order valence-corrected chi connectivity index (χ1v) is 6.97. The average Bonchev–Trinajstić information content (AvgIpc) is 2.38. The van der Waals surface area contributed by atoms with Gasteiger partial charge in [0, 0.05) is 17.6 Å². The van der Waals surface area contributed by atoms with Gasteiger partial charge in [-0.05, 0) is 19.1 Å². The van der Waals surface area contributed by atoms with Gasteiger partial charge in [0.2, 0.25) is 0 Å². The van der Waals surface area contributed by atoms with Crippen molar-refractivity contribution in [3.05, 3.63) is 24.5 Å². The number of fused-ring (bicyclic) bond motifs is 1. The summed E-state index contributed by atoms with van der Waals surface area (Å²) in [7, 11) is 0. The number of carbonyl (C=O) groups is 1. The number of carbonyl (C=O) groups excluding carboxylic acids is 1. The molecule has 0 aliphatic carbocycles. The summed E-state index contributed by atoms with van der Waals surface area (Å²) in [6, 6.07) is 3.78. The lowest BCUT2D eigenvalue weighted by Crippen LogP contribution is -2.10. The van der Waals surface area contributed by atoms with E-state index in [0.717, 1.165) is 10.5 Å². The topological polar surface area (TPSA) is 65.0 Å². The first-order valence-electron chi connectivity index (χ1n) is 6.09. The van der Waals surface area contributed by atoms with Crippen LogP contribution in [0.4, 0.5) is 0 Å². The molecule has 1 atom stereocenters. The zero-order chi connectivity index (χ0) is 13.7. The number of esters is 1. The van der Waals surface area contributed by atoms with Gasteiger partial charge < -0.3 is 4.74 Å². The summed E-state index contributed by atoms with van der Waals surface area (Å²) in [5.74, 6) is -0.178. The minimum Gasteiger partial charge on any atom is -0.466 e. The molecule has 0 N–H and O–H groups in total. The third kappa shape index (κ3) is 3.89. The summed E-state index contributed by atoms with van der Waals surface area (Å²) in [6.07, 6.45) is 3.63. The number of rotatable bonds is 5. The number of thioether (sulfide) groups is 1. The Bertz CT molecular complexity index is 577. The van der Waals surface area contributed by atoms with Crippen LogP contribution in [0.15, 0.2) is 29.6 Å². The van der Waals surface area contributed by atoms with Crippen molar-refractivity contribution >= 4 is 28.9 Å². The third-order valence-electron chi connectivity index (χ3n) is 2.39. The molecule has 0 saturated heterocycles. The minimum absolute atomic E-state index is 0.112. The standard InChI is InChI=1S/C13H15N3O2S/c1-3-18-12(17)8-9(2)19-11-5-4-10-13(16-11)15-7-6-14-10/h4-7,9H,3,8H2,1-2H3. The van der Waals surface area contributed by atoms with Crippen molar-refractivity contribution in [2.75, 3.05) is 6.61 Å². The van der Waals surface area contributed by atoms with E-state index in [-0.39, 0.29) is 11.2 Å². The summed E-state index contributed by atoms with van der Waals surface area (Å²) >= 11 is 1.53. The second kappa shape index (κ2) is 6.47. The van der Waals surface area contributed by atoms with Gasteiger partial charge in [0.05, 0.1) is 18.1 Å². The minimum atomic E-state index is -0.178. The van der Waals surface area contributed by atoms with Crippen molar-refractivity contribution in [2.24, 2.45) is 0 Å². The number of ether oxygens (including phenoxy) is 1. The second-order valence-electron chi connectivity index (χ2n) is 3.99. The molecule has 100 valence electrons. The Labute approximate surface area is 115 Å². The van der Waals surface area contributed by atoms with E-state index in [4.69, 9.17) is 4.74 Å². The second-order valence-corrected chi connectivity index (χ2v) is 5.44. The summed E-state index contributed by atoms with van der Waals surface area (Å²) in [5, 5.41) is 0.950. The van der Waals surface area contributed by atoms with Gasteiger partial charge in [-0.15, -0.1) is 11.8 Å². The van der Waals surface area contributed by atoms with Crippen LogP contribution in [0, 0.1) is 0 Å². The largest absolute Gasteiger partial charge is 0.466 e. The van der Waals surface area contributed by atoms with E-state index in [1.165, 1.54) is 11.8 Å². The molecule has 0 aliphatic rings. The average molecular weight is 277 g/mol. The Balaban J connectivity index is 2.02. The van der Waals surface area contributed by atoms with Crippen LogP contribution in [0.5, 0.6) is 0 Å². The Hall–Kier alpha value is -1.69. The summed E-state index contributed by atoms with van der Waals surface area (Å²) in [6.45, 7) is 4.20. The molecule has 0 amide bonds. The molecule has 0 fully saturated rings. The Kier molecular flexibility index (Phi) is 4.68. The Morgan fingerprint density at radius 2 is 2.16 bits per heavy atom. The van der Waals surface area contributed by atoms with Gasteiger partial charge in [0.15, 0.2) is 5.65 Å². The molecule has 6 heteroatoms. The molecule has 0 aliphatic heterocycles. The fraction of sp³-hybridized carbons (Fsp3) is 0.385.